The number of hydrogen-bond acceptors (Lipinski definition) is 7. The number of aryl methyl sites for hydroxylation is 1. The first-order chi connectivity index (χ1) is 23.5. The fourth-order valence-electron chi connectivity index (χ4n) is 6.83. The van der Waals surface area contributed by atoms with Crippen LogP contribution in [0.4, 0.5) is 0 Å². The number of esters is 1. The van der Waals surface area contributed by atoms with Crippen LogP contribution in [0.5, 0.6) is 0 Å². The maximum Gasteiger partial charge on any atom is 0.329 e. The van der Waals surface area contributed by atoms with Gasteiger partial charge < -0.3 is 14.5 Å². The number of rotatable bonds is 13. The number of fused-ring (bicyclic) bond motifs is 1. The average Bonchev–Trinajstić information content (AvgIpc) is 3.36. The summed E-state index contributed by atoms with van der Waals surface area (Å²) in [4.78, 5) is 46.9. The second-order valence-corrected chi connectivity index (χ2v) is 13.9. The monoisotopic (exact) mass is 726 g/mol. The Morgan fingerprint density at radius 1 is 0.959 bits per heavy atom. The van der Waals surface area contributed by atoms with Crippen molar-refractivity contribution in [3.8, 4) is 0 Å². The summed E-state index contributed by atoms with van der Waals surface area (Å²) in [5, 5.41) is 5.88. The van der Waals surface area contributed by atoms with Crippen molar-refractivity contribution in [2.24, 2.45) is 11.1 Å². The maximum atomic E-state index is 13.6. The van der Waals surface area contributed by atoms with Crippen molar-refractivity contribution in [1.82, 2.24) is 14.0 Å². The molecule has 1 aromatic heterocycles. The molecule has 2 heterocycles. The molecule has 1 fully saturated rings. The second-order valence-electron chi connectivity index (χ2n) is 12.6. The standard InChI is InChI=1S/C37H41Cl3N4O5/c1-23-17-26(20-27(38)18-23)36(46)24(2)19-32(41-49-4)29(25-9-10-30(39)31(40)21-25)13-16-42-14-11-28(12-15-42)44-34-8-6-5-7-33(34)43(37(44)47)22-35(45)48-3/h5-10,17-18,20-21,24,28-29H,11-16,19,22H2,1-4H3/b41-32+. The zero-order chi connectivity index (χ0) is 35.2. The Bertz CT molecular complexity index is 1890. The molecular weight excluding hydrogens is 687 g/mol. The predicted molar refractivity (Wildman–Crippen MR) is 195 cm³/mol. The Balaban J connectivity index is 1.33. The van der Waals surface area contributed by atoms with Gasteiger partial charge in [-0.3, -0.25) is 18.7 Å². The van der Waals surface area contributed by atoms with Crippen molar-refractivity contribution >= 4 is 63.3 Å². The van der Waals surface area contributed by atoms with E-state index in [4.69, 9.17) is 44.4 Å². The number of halogens is 3. The van der Waals surface area contributed by atoms with Gasteiger partial charge in [0.1, 0.15) is 13.7 Å². The van der Waals surface area contributed by atoms with Crippen LogP contribution >= 0.6 is 34.8 Å². The summed E-state index contributed by atoms with van der Waals surface area (Å²) in [6.45, 7) is 5.98. The zero-order valence-electron chi connectivity index (χ0n) is 28.1. The van der Waals surface area contributed by atoms with Crippen molar-refractivity contribution in [1.29, 1.82) is 0 Å². The van der Waals surface area contributed by atoms with E-state index in [9.17, 15) is 14.4 Å². The summed E-state index contributed by atoms with van der Waals surface area (Å²) >= 11 is 19.0. The van der Waals surface area contributed by atoms with Gasteiger partial charge in [0.25, 0.3) is 0 Å². The van der Waals surface area contributed by atoms with E-state index in [-0.39, 0.29) is 35.9 Å². The largest absolute Gasteiger partial charge is 0.468 e. The summed E-state index contributed by atoms with van der Waals surface area (Å²) < 4.78 is 8.17. The molecule has 5 rings (SSSR count). The Labute approximate surface area is 301 Å². The Morgan fingerprint density at radius 2 is 1.67 bits per heavy atom. The number of oxime groups is 1. The van der Waals surface area contributed by atoms with Crippen molar-refractivity contribution in [2.45, 2.75) is 58.0 Å². The van der Waals surface area contributed by atoms with Gasteiger partial charge >= 0.3 is 11.7 Å². The van der Waals surface area contributed by atoms with Gasteiger partial charge in [0.2, 0.25) is 0 Å². The number of imidazole rings is 1. The minimum absolute atomic E-state index is 0.00832. The molecule has 0 aliphatic carbocycles. The summed E-state index contributed by atoms with van der Waals surface area (Å²) in [7, 11) is 2.83. The van der Waals surface area contributed by atoms with E-state index in [2.05, 4.69) is 10.1 Å². The summed E-state index contributed by atoms with van der Waals surface area (Å²) in [6, 6.07) is 18.5. The first kappa shape index (κ1) is 36.6. The fraction of sp³-hybridized carbons (Fsp3) is 0.405. The van der Waals surface area contributed by atoms with Gasteiger partial charge in [0.15, 0.2) is 5.78 Å². The molecule has 1 saturated heterocycles. The molecule has 2 atom stereocenters. The molecule has 1 aliphatic rings. The van der Waals surface area contributed by atoms with Gasteiger partial charge in [0.05, 0.1) is 33.9 Å². The molecule has 0 amide bonds. The van der Waals surface area contributed by atoms with Crippen LogP contribution in [0.2, 0.25) is 15.1 Å². The van der Waals surface area contributed by atoms with E-state index in [0.717, 1.165) is 54.8 Å². The molecular formula is C37H41Cl3N4O5. The number of para-hydroxylation sites is 2. The quantitative estimate of drug-likeness (QED) is 0.0601. The van der Waals surface area contributed by atoms with Crippen LogP contribution in [0.1, 0.15) is 66.1 Å². The van der Waals surface area contributed by atoms with Gasteiger partial charge in [-0.1, -0.05) is 65.1 Å². The summed E-state index contributed by atoms with van der Waals surface area (Å²) in [5.74, 6) is -1.06. The SMILES string of the molecule is CO/N=C(\CC(C)C(=O)c1cc(C)cc(Cl)c1)C(CCN1CCC(n2c(=O)n(CC(=O)OC)c3ccccc32)CC1)c1ccc(Cl)c(Cl)c1. The second kappa shape index (κ2) is 16.4. The third-order valence-electron chi connectivity index (χ3n) is 9.29. The van der Waals surface area contributed by atoms with Crippen LogP contribution in [0, 0.1) is 12.8 Å². The Hall–Kier alpha value is -3.63. The number of Topliss-reactive ketones (excluding diaryl/α,β-unsaturated/α-hetero) is 1. The first-order valence-corrected chi connectivity index (χ1v) is 17.5. The predicted octanol–water partition coefficient (Wildman–Crippen LogP) is 7.97. The van der Waals surface area contributed by atoms with Crippen LogP contribution < -0.4 is 5.69 Å². The lowest BCUT2D eigenvalue weighted by Crippen LogP contribution is -2.39. The molecule has 3 aromatic carbocycles. The molecule has 0 radical (unpaired) electrons. The zero-order valence-corrected chi connectivity index (χ0v) is 30.4. The van der Waals surface area contributed by atoms with E-state index < -0.39 is 5.97 Å². The molecule has 0 saturated carbocycles. The van der Waals surface area contributed by atoms with Gasteiger partial charge in [-0.2, -0.15) is 0 Å². The minimum Gasteiger partial charge on any atom is -0.468 e. The smallest absolute Gasteiger partial charge is 0.329 e. The first-order valence-electron chi connectivity index (χ1n) is 16.4. The third-order valence-corrected chi connectivity index (χ3v) is 10.2. The van der Waals surface area contributed by atoms with E-state index in [1.807, 2.05) is 66.9 Å². The molecule has 49 heavy (non-hydrogen) atoms. The Kier molecular flexibility index (Phi) is 12.3. The minimum atomic E-state index is -0.467. The molecule has 9 nitrogen and oxygen atoms in total. The highest BCUT2D eigenvalue weighted by Gasteiger charge is 2.29. The molecule has 0 spiro atoms. The van der Waals surface area contributed by atoms with Crippen molar-refractivity contribution in [3.63, 3.8) is 0 Å². The van der Waals surface area contributed by atoms with Crippen LogP contribution in [0.3, 0.4) is 0 Å². The van der Waals surface area contributed by atoms with Crippen LogP contribution in [-0.2, 0) is 20.9 Å². The van der Waals surface area contributed by atoms with Gasteiger partial charge in [-0.05, 0) is 92.7 Å². The molecule has 12 heteroatoms. The molecule has 4 aromatic rings. The fourth-order valence-corrected chi connectivity index (χ4v) is 7.43. The number of benzene rings is 3. The highest BCUT2D eigenvalue weighted by Crippen LogP contribution is 2.33. The van der Waals surface area contributed by atoms with Crippen LogP contribution in [-0.4, -0.2) is 65.4 Å². The van der Waals surface area contributed by atoms with E-state index in [0.29, 0.717) is 39.0 Å². The van der Waals surface area contributed by atoms with Gasteiger partial charge in [-0.25, -0.2) is 4.79 Å². The van der Waals surface area contributed by atoms with Crippen molar-refractivity contribution in [2.75, 3.05) is 33.9 Å². The van der Waals surface area contributed by atoms with Crippen LogP contribution in [0.25, 0.3) is 11.0 Å². The number of carbonyl (C=O) groups excluding carboxylic acids is 2. The molecule has 1 aliphatic heterocycles. The summed E-state index contributed by atoms with van der Waals surface area (Å²) in [5.41, 5.74) is 4.48. The molecule has 260 valence electrons. The lowest BCUT2D eigenvalue weighted by molar-refractivity contribution is -0.141. The van der Waals surface area contributed by atoms with Gasteiger partial charge in [0, 0.05) is 41.6 Å². The molecule has 2 unspecified atom stereocenters. The number of hydrogen-bond donors (Lipinski definition) is 0. The van der Waals surface area contributed by atoms with Crippen molar-refractivity contribution < 1.29 is 19.2 Å². The number of ketones is 1. The van der Waals surface area contributed by atoms with Crippen LogP contribution in [0.15, 0.2) is 70.6 Å². The number of piperidine rings is 1. The van der Waals surface area contributed by atoms with E-state index in [1.54, 1.807) is 12.1 Å². The van der Waals surface area contributed by atoms with Crippen molar-refractivity contribution in [3.05, 3.63) is 103 Å². The van der Waals surface area contributed by atoms with Gasteiger partial charge in [-0.15, -0.1) is 0 Å². The number of nitrogens with zero attached hydrogens (tertiary/aromatic N) is 4. The van der Waals surface area contributed by atoms with E-state index >= 15 is 0 Å². The highest BCUT2D eigenvalue weighted by atomic mass is 35.5. The number of likely N-dealkylation sites (tertiary alicyclic amines) is 1. The normalized spacial score (nSPS) is 15.7. The number of carbonyl (C=O) groups is 2. The average molecular weight is 728 g/mol. The Morgan fingerprint density at radius 3 is 2.33 bits per heavy atom. The lowest BCUT2D eigenvalue weighted by Gasteiger charge is -2.33. The number of ether oxygens (including phenoxy) is 1. The maximum absolute atomic E-state index is 13.6. The third kappa shape index (κ3) is 8.58. The number of aromatic nitrogens is 2. The molecule has 0 N–H and O–H groups in total. The topological polar surface area (TPSA) is 95.1 Å². The number of methoxy groups -OCH3 is 1. The molecule has 0 bridgehead atoms. The highest BCUT2D eigenvalue weighted by molar-refractivity contribution is 6.42. The lowest BCUT2D eigenvalue weighted by atomic mass is 9.84. The van der Waals surface area contributed by atoms with E-state index in [1.165, 1.54) is 18.8 Å². The summed E-state index contributed by atoms with van der Waals surface area (Å²) in [6.07, 6.45) is 2.62.